The van der Waals surface area contributed by atoms with Crippen molar-refractivity contribution < 1.29 is 9.53 Å². The normalized spacial score (nSPS) is 38.4. The van der Waals surface area contributed by atoms with Gasteiger partial charge < -0.3 is 4.74 Å². The van der Waals surface area contributed by atoms with Crippen molar-refractivity contribution in [2.24, 2.45) is 40.9 Å². The van der Waals surface area contributed by atoms with Crippen LogP contribution >= 0.6 is 0 Å². The zero-order chi connectivity index (χ0) is 19.6. The van der Waals surface area contributed by atoms with E-state index >= 15 is 0 Å². The second kappa shape index (κ2) is 8.70. The van der Waals surface area contributed by atoms with Crippen molar-refractivity contribution in [2.75, 3.05) is 6.61 Å². The summed E-state index contributed by atoms with van der Waals surface area (Å²) in [6, 6.07) is 0. The van der Waals surface area contributed by atoms with Gasteiger partial charge in [0.1, 0.15) is 0 Å². The van der Waals surface area contributed by atoms with E-state index < -0.39 is 0 Å². The van der Waals surface area contributed by atoms with Crippen LogP contribution in [0.2, 0.25) is 0 Å². The van der Waals surface area contributed by atoms with E-state index in [1.54, 1.807) is 0 Å². The van der Waals surface area contributed by atoms with E-state index in [1.807, 2.05) is 0 Å². The molecule has 0 radical (unpaired) electrons. The number of hydrogen-bond donors (Lipinski definition) is 0. The molecular formula is C25H42O2. The summed E-state index contributed by atoms with van der Waals surface area (Å²) < 4.78 is 5.40. The molecule has 3 aliphatic rings. The Kier molecular flexibility index (Phi) is 6.75. The van der Waals surface area contributed by atoms with E-state index in [0.29, 0.717) is 30.3 Å². The molecule has 1 aliphatic heterocycles. The third-order valence-electron chi connectivity index (χ3n) is 8.53. The van der Waals surface area contributed by atoms with Gasteiger partial charge in [-0.15, -0.1) is 0 Å². The summed E-state index contributed by atoms with van der Waals surface area (Å²) in [4.78, 5) is 12.0. The van der Waals surface area contributed by atoms with Crippen molar-refractivity contribution in [3.05, 3.63) is 12.2 Å². The van der Waals surface area contributed by atoms with Crippen LogP contribution in [0.5, 0.6) is 0 Å². The van der Waals surface area contributed by atoms with Crippen LogP contribution in [0, 0.1) is 40.9 Å². The lowest BCUT2D eigenvalue weighted by atomic mass is 9.54. The first-order valence-electron chi connectivity index (χ1n) is 11.7. The number of hydrogen-bond acceptors (Lipinski definition) is 2. The van der Waals surface area contributed by atoms with Gasteiger partial charge in [0.15, 0.2) is 0 Å². The Bertz CT molecular complexity index is 536. The first-order valence-corrected chi connectivity index (χ1v) is 11.7. The molecule has 3 fully saturated rings. The molecule has 0 aromatic rings. The van der Waals surface area contributed by atoms with Crippen LogP contribution in [0.3, 0.4) is 0 Å². The fourth-order valence-corrected chi connectivity index (χ4v) is 7.06. The highest BCUT2D eigenvalue weighted by Crippen LogP contribution is 2.63. The maximum atomic E-state index is 12.0. The molecule has 3 rings (SSSR count). The van der Waals surface area contributed by atoms with Crippen LogP contribution in [-0.2, 0) is 9.53 Å². The average Bonchev–Trinajstić information content (AvgIpc) is 2.98. The maximum absolute atomic E-state index is 12.0. The predicted octanol–water partition coefficient (Wildman–Crippen LogP) is 6.79. The first-order chi connectivity index (χ1) is 12.8. The lowest BCUT2D eigenvalue weighted by Crippen LogP contribution is -2.43. The summed E-state index contributed by atoms with van der Waals surface area (Å²) in [5, 5.41) is 0. The smallest absolute Gasteiger partial charge is 0.305 e. The van der Waals surface area contributed by atoms with Crippen molar-refractivity contribution >= 4 is 5.97 Å². The quantitative estimate of drug-likeness (QED) is 0.391. The maximum Gasteiger partial charge on any atom is 0.305 e. The molecule has 2 nitrogen and oxygen atoms in total. The molecule has 0 unspecified atom stereocenters. The predicted molar refractivity (Wildman–Crippen MR) is 112 cm³/mol. The van der Waals surface area contributed by atoms with Crippen LogP contribution in [0.4, 0.5) is 0 Å². The first kappa shape index (κ1) is 20.9. The van der Waals surface area contributed by atoms with Crippen molar-refractivity contribution in [3.63, 3.8) is 0 Å². The summed E-state index contributed by atoms with van der Waals surface area (Å²) in [6.45, 7) is 14.8. The third-order valence-corrected chi connectivity index (χ3v) is 8.53. The Balaban J connectivity index is 1.72. The third kappa shape index (κ3) is 4.46. The second-order valence-corrected chi connectivity index (χ2v) is 10.6. The van der Waals surface area contributed by atoms with E-state index in [-0.39, 0.29) is 5.97 Å². The number of carbonyl (C=O) groups excluding carboxylic acids is 1. The van der Waals surface area contributed by atoms with Crippen molar-refractivity contribution in [3.8, 4) is 0 Å². The van der Waals surface area contributed by atoms with E-state index in [0.717, 1.165) is 36.5 Å². The Morgan fingerprint density at radius 2 is 1.89 bits per heavy atom. The number of ether oxygens (including phenoxy) is 1. The lowest BCUT2D eigenvalue weighted by molar-refractivity contribution is -0.143. The Morgan fingerprint density at radius 1 is 1.11 bits per heavy atom. The van der Waals surface area contributed by atoms with Gasteiger partial charge in [0.05, 0.1) is 6.61 Å². The molecule has 2 aliphatic carbocycles. The van der Waals surface area contributed by atoms with Crippen molar-refractivity contribution in [1.29, 1.82) is 0 Å². The molecule has 154 valence electrons. The number of fused-ring (bicyclic) bond motifs is 3. The molecule has 1 saturated heterocycles. The van der Waals surface area contributed by atoms with Crippen molar-refractivity contribution in [2.45, 2.75) is 91.9 Å². The average molecular weight is 375 g/mol. The number of rotatable bonds is 5. The zero-order valence-corrected chi connectivity index (χ0v) is 18.3. The minimum atomic E-state index is 0.00678. The van der Waals surface area contributed by atoms with Gasteiger partial charge in [-0.2, -0.15) is 0 Å². The van der Waals surface area contributed by atoms with Gasteiger partial charge in [-0.05, 0) is 73.0 Å². The Morgan fingerprint density at radius 3 is 2.63 bits per heavy atom. The molecule has 6 atom stereocenters. The van der Waals surface area contributed by atoms with Crippen molar-refractivity contribution in [1.82, 2.24) is 0 Å². The van der Waals surface area contributed by atoms with Gasteiger partial charge in [-0.1, -0.05) is 59.1 Å². The van der Waals surface area contributed by atoms with E-state index in [1.165, 1.54) is 50.5 Å². The molecule has 1 heterocycles. The monoisotopic (exact) mass is 374 g/mol. The van der Waals surface area contributed by atoms with Crippen LogP contribution in [0.25, 0.3) is 0 Å². The van der Waals surface area contributed by atoms with E-state index in [9.17, 15) is 4.79 Å². The topological polar surface area (TPSA) is 26.3 Å². The van der Waals surface area contributed by atoms with E-state index in [2.05, 4.69) is 34.3 Å². The highest BCUT2D eigenvalue weighted by molar-refractivity contribution is 5.69. The number of carbonyl (C=O) groups is 1. The summed E-state index contributed by atoms with van der Waals surface area (Å²) in [5.41, 5.74) is 1.82. The summed E-state index contributed by atoms with van der Waals surface area (Å²) in [5.74, 6) is 4.57. The molecular weight excluding hydrogens is 332 g/mol. The summed E-state index contributed by atoms with van der Waals surface area (Å²) >= 11 is 0. The van der Waals surface area contributed by atoms with Gasteiger partial charge in [0.2, 0.25) is 0 Å². The minimum absolute atomic E-state index is 0.00678. The van der Waals surface area contributed by atoms with Gasteiger partial charge in [-0.25, -0.2) is 0 Å². The zero-order valence-electron chi connectivity index (χ0n) is 18.3. The largest absolute Gasteiger partial charge is 0.465 e. The molecule has 2 heteroatoms. The highest BCUT2D eigenvalue weighted by Gasteiger charge is 2.54. The highest BCUT2D eigenvalue weighted by atomic mass is 16.5. The fourth-order valence-electron chi connectivity index (χ4n) is 7.06. The summed E-state index contributed by atoms with van der Waals surface area (Å²) in [7, 11) is 0. The lowest BCUT2D eigenvalue weighted by Gasteiger charge is -2.50. The second-order valence-electron chi connectivity index (χ2n) is 10.6. The van der Waals surface area contributed by atoms with Gasteiger partial charge >= 0.3 is 5.97 Å². The summed E-state index contributed by atoms with van der Waals surface area (Å²) in [6.07, 6.45) is 12.0. The van der Waals surface area contributed by atoms with Crippen LogP contribution in [-0.4, -0.2) is 12.6 Å². The Hall–Kier alpha value is -0.790. The molecule has 0 N–H and O–H groups in total. The number of esters is 1. The standard InChI is InChI=1S/C25H42O2/c1-17(2)7-6-8-19(4)22-10-11-23-21-9-12-24(26)27-16-14-18(3)20(21)13-15-25(22,23)5/h17,19-23H,3,6-16H2,1-2,4-5H3/t19-,20-,21-,22-,23+,25-/m1/s1. The van der Waals surface area contributed by atoms with Gasteiger partial charge in [-0.3, -0.25) is 4.79 Å². The molecule has 0 aromatic heterocycles. The SMILES string of the molecule is C=C1CCOC(=O)CC[C@@H]2[C@@H]1CC[C@]1(C)[C@@H]([C@H](C)CCCC(C)C)CC[C@@H]21. The number of cyclic esters (lactones) is 1. The van der Waals surface area contributed by atoms with Gasteiger partial charge in [0.25, 0.3) is 0 Å². The van der Waals surface area contributed by atoms with Crippen LogP contribution < -0.4 is 0 Å². The van der Waals surface area contributed by atoms with E-state index in [4.69, 9.17) is 4.74 Å². The van der Waals surface area contributed by atoms with Gasteiger partial charge in [0, 0.05) is 12.8 Å². The molecule has 0 aromatic carbocycles. The molecule has 0 bridgehead atoms. The molecule has 0 amide bonds. The fraction of sp³-hybridized carbons (Fsp3) is 0.880. The Labute approximate surface area is 167 Å². The van der Waals surface area contributed by atoms with Crippen LogP contribution in [0.1, 0.15) is 91.9 Å². The molecule has 27 heavy (non-hydrogen) atoms. The molecule has 0 spiro atoms. The van der Waals surface area contributed by atoms with Crippen LogP contribution in [0.15, 0.2) is 12.2 Å². The minimum Gasteiger partial charge on any atom is -0.465 e. The molecule has 2 saturated carbocycles.